The van der Waals surface area contributed by atoms with Crippen molar-refractivity contribution in [1.29, 1.82) is 5.26 Å². The minimum absolute atomic E-state index is 0.129. The van der Waals surface area contributed by atoms with Gasteiger partial charge >= 0.3 is 0 Å². The summed E-state index contributed by atoms with van der Waals surface area (Å²) in [5.74, 6) is -0.129. The topological polar surface area (TPSA) is 61.9 Å². The van der Waals surface area contributed by atoms with E-state index < -0.39 is 0 Å². The summed E-state index contributed by atoms with van der Waals surface area (Å²) in [5.41, 5.74) is 1.90. The summed E-state index contributed by atoms with van der Waals surface area (Å²) >= 11 is 3.41. The predicted octanol–water partition coefficient (Wildman–Crippen LogP) is 2.33. The predicted molar refractivity (Wildman–Crippen MR) is 77.9 cm³/mol. The molecule has 1 aromatic carbocycles. The van der Waals surface area contributed by atoms with Crippen molar-refractivity contribution >= 4 is 21.8 Å². The molecular weight excluding hydrogens is 320 g/mol. The quantitative estimate of drug-likeness (QED) is 0.866. The Labute approximate surface area is 125 Å². The van der Waals surface area contributed by atoms with Crippen molar-refractivity contribution in [2.45, 2.75) is 6.54 Å². The Balaban J connectivity index is 2.19. The van der Waals surface area contributed by atoms with Gasteiger partial charge in [0.15, 0.2) is 0 Å². The first kappa shape index (κ1) is 14.3. The molecule has 6 heteroatoms. The highest BCUT2D eigenvalue weighted by molar-refractivity contribution is 9.10. The van der Waals surface area contributed by atoms with Crippen LogP contribution in [0.1, 0.15) is 21.6 Å². The normalized spacial score (nSPS) is 10.1. The van der Waals surface area contributed by atoms with Crippen molar-refractivity contribution in [3.63, 3.8) is 0 Å². The van der Waals surface area contributed by atoms with Gasteiger partial charge in [-0.05, 0) is 34.1 Å². The molecule has 0 saturated carbocycles. The fourth-order valence-electron chi connectivity index (χ4n) is 1.85. The fraction of sp³-hybridized carbons (Fsp3) is 0.214. The van der Waals surface area contributed by atoms with Gasteiger partial charge in [-0.2, -0.15) is 10.4 Å². The molecular formula is C14H13BrN4O. The first-order valence-electron chi connectivity index (χ1n) is 5.95. The van der Waals surface area contributed by atoms with Crippen molar-refractivity contribution in [2.75, 3.05) is 7.05 Å². The minimum Gasteiger partial charge on any atom is -0.336 e. The van der Waals surface area contributed by atoms with E-state index in [1.165, 1.54) is 0 Å². The summed E-state index contributed by atoms with van der Waals surface area (Å²) in [6.07, 6.45) is 1.70. The third-order valence-electron chi connectivity index (χ3n) is 2.98. The van der Waals surface area contributed by atoms with Gasteiger partial charge < -0.3 is 4.90 Å². The lowest BCUT2D eigenvalue weighted by molar-refractivity contribution is 0.0781. The molecule has 0 aliphatic rings. The van der Waals surface area contributed by atoms with Gasteiger partial charge in [-0.3, -0.25) is 9.48 Å². The number of nitrogens with zero attached hydrogens (tertiary/aromatic N) is 4. The molecule has 0 spiro atoms. The number of aryl methyl sites for hydroxylation is 1. The molecule has 0 aliphatic carbocycles. The highest BCUT2D eigenvalue weighted by atomic mass is 79.9. The lowest BCUT2D eigenvalue weighted by Gasteiger charge is -2.17. The maximum atomic E-state index is 12.3. The van der Waals surface area contributed by atoms with Gasteiger partial charge in [-0.25, -0.2) is 0 Å². The van der Waals surface area contributed by atoms with Crippen LogP contribution in [0, 0.1) is 11.3 Å². The summed E-state index contributed by atoms with van der Waals surface area (Å²) in [6, 6.07) is 8.72. The second kappa shape index (κ2) is 5.88. The smallest absolute Gasteiger partial charge is 0.253 e. The monoisotopic (exact) mass is 332 g/mol. The van der Waals surface area contributed by atoms with E-state index in [-0.39, 0.29) is 5.91 Å². The molecule has 0 aliphatic heterocycles. The van der Waals surface area contributed by atoms with Crippen molar-refractivity contribution < 1.29 is 4.79 Å². The van der Waals surface area contributed by atoms with E-state index in [9.17, 15) is 4.79 Å². The van der Waals surface area contributed by atoms with E-state index in [2.05, 4.69) is 21.0 Å². The molecule has 20 heavy (non-hydrogen) atoms. The van der Waals surface area contributed by atoms with Crippen LogP contribution in [-0.2, 0) is 13.6 Å². The number of carbonyl (C=O) groups is 1. The molecule has 5 nitrogen and oxygen atoms in total. The van der Waals surface area contributed by atoms with Crippen molar-refractivity contribution in [2.24, 2.45) is 7.05 Å². The lowest BCUT2D eigenvalue weighted by Crippen LogP contribution is -2.27. The van der Waals surface area contributed by atoms with Crippen LogP contribution in [0.4, 0.5) is 0 Å². The zero-order valence-corrected chi connectivity index (χ0v) is 12.8. The Morgan fingerprint density at radius 1 is 1.55 bits per heavy atom. The summed E-state index contributed by atoms with van der Waals surface area (Å²) < 4.78 is 2.59. The summed E-state index contributed by atoms with van der Waals surface area (Å²) in [7, 11) is 3.55. The molecule has 0 fully saturated rings. The number of benzene rings is 1. The van der Waals surface area contributed by atoms with Crippen molar-refractivity contribution in [3.8, 4) is 6.07 Å². The number of carbonyl (C=O) groups excluding carboxylic acids is 1. The zero-order chi connectivity index (χ0) is 14.7. The number of nitriles is 1. The Bertz CT molecular complexity index is 667. The molecule has 0 unspecified atom stereocenters. The van der Waals surface area contributed by atoms with Crippen LogP contribution in [0.2, 0.25) is 0 Å². The van der Waals surface area contributed by atoms with E-state index >= 15 is 0 Å². The molecule has 0 saturated heterocycles. The lowest BCUT2D eigenvalue weighted by atomic mass is 10.1. The van der Waals surface area contributed by atoms with E-state index in [0.717, 1.165) is 10.2 Å². The third kappa shape index (κ3) is 2.89. The van der Waals surface area contributed by atoms with Crippen LogP contribution >= 0.6 is 15.9 Å². The van der Waals surface area contributed by atoms with Crippen LogP contribution < -0.4 is 0 Å². The number of amides is 1. The van der Waals surface area contributed by atoms with Gasteiger partial charge in [0.25, 0.3) is 5.91 Å². The van der Waals surface area contributed by atoms with Crippen LogP contribution in [0.3, 0.4) is 0 Å². The zero-order valence-electron chi connectivity index (χ0n) is 11.2. The molecule has 1 aromatic heterocycles. The SMILES string of the molecule is CN(Cc1c(Br)cnn1C)C(=O)c1cccc(C#N)c1. The fourth-order valence-corrected chi connectivity index (χ4v) is 2.33. The molecule has 1 amide bonds. The van der Waals surface area contributed by atoms with Gasteiger partial charge in [0.2, 0.25) is 0 Å². The standard InChI is InChI=1S/C14H13BrN4O/c1-18(9-13-12(15)8-17-19(13)2)14(20)11-5-3-4-10(6-11)7-16/h3-6,8H,9H2,1-2H3. The van der Waals surface area contributed by atoms with E-state index in [4.69, 9.17) is 5.26 Å². The van der Waals surface area contributed by atoms with Gasteiger partial charge in [-0.1, -0.05) is 6.07 Å². The van der Waals surface area contributed by atoms with Crippen molar-refractivity contribution in [1.82, 2.24) is 14.7 Å². The molecule has 2 rings (SSSR count). The largest absolute Gasteiger partial charge is 0.336 e. The number of halogens is 1. The highest BCUT2D eigenvalue weighted by Crippen LogP contribution is 2.17. The average molecular weight is 333 g/mol. The molecule has 1 heterocycles. The summed E-state index contributed by atoms with van der Waals surface area (Å²) in [6.45, 7) is 0.437. The van der Waals surface area contributed by atoms with Gasteiger partial charge in [-0.15, -0.1) is 0 Å². The van der Waals surface area contributed by atoms with Crippen LogP contribution in [0.15, 0.2) is 34.9 Å². The Kier molecular flexibility index (Phi) is 4.20. The molecule has 2 aromatic rings. The number of aromatic nitrogens is 2. The van der Waals surface area contributed by atoms with Crippen LogP contribution in [-0.4, -0.2) is 27.6 Å². The number of hydrogen-bond donors (Lipinski definition) is 0. The van der Waals surface area contributed by atoms with Crippen LogP contribution in [0.5, 0.6) is 0 Å². The molecule has 0 N–H and O–H groups in total. The van der Waals surface area contributed by atoms with E-state index in [1.54, 1.807) is 47.1 Å². The molecule has 0 atom stereocenters. The highest BCUT2D eigenvalue weighted by Gasteiger charge is 2.15. The molecule has 0 radical (unpaired) electrons. The second-order valence-corrected chi connectivity index (χ2v) is 5.27. The minimum atomic E-state index is -0.129. The molecule has 102 valence electrons. The van der Waals surface area contributed by atoms with Gasteiger partial charge in [0.05, 0.1) is 34.5 Å². The Morgan fingerprint density at radius 3 is 2.90 bits per heavy atom. The number of hydrogen-bond acceptors (Lipinski definition) is 3. The third-order valence-corrected chi connectivity index (χ3v) is 3.65. The second-order valence-electron chi connectivity index (χ2n) is 4.42. The maximum absolute atomic E-state index is 12.3. The maximum Gasteiger partial charge on any atom is 0.253 e. The summed E-state index contributed by atoms with van der Waals surface area (Å²) in [5, 5.41) is 13.0. The first-order chi connectivity index (χ1) is 9.52. The van der Waals surface area contributed by atoms with Crippen LogP contribution in [0.25, 0.3) is 0 Å². The molecule has 0 bridgehead atoms. The van der Waals surface area contributed by atoms with E-state index in [1.807, 2.05) is 13.1 Å². The first-order valence-corrected chi connectivity index (χ1v) is 6.74. The van der Waals surface area contributed by atoms with Crippen molar-refractivity contribution in [3.05, 3.63) is 51.8 Å². The van der Waals surface area contributed by atoms with Gasteiger partial charge in [0.1, 0.15) is 0 Å². The average Bonchev–Trinajstić information content (AvgIpc) is 2.78. The van der Waals surface area contributed by atoms with E-state index in [0.29, 0.717) is 17.7 Å². The summed E-state index contributed by atoms with van der Waals surface area (Å²) in [4.78, 5) is 13.9. The Hall–Kier alpha value is -2.13. The number of rotatable bonds is 3. The Morgan fingerprint density at radius 2 is 2.30 bits per heavy atom. The van der Waals surface area contributed by atoms with Gasteiger partial charge in [0, 0.05) is 19.7 Å².